The molecule has 0 fully saturated rings. The van der Waals surface area contributed by atoms with Gasteiger partial charge in [-0.2, -0.15) is 5.10 Å². The van der Waals surface area contributed by atoms with Crippen LogP contribution in [0.3, 0.4) is 0 Å². The average molecular weight is 533 g/mol. The lowest BCUT2D eigenvalue weighted by Gasteiger charge is -2.12. The number of carbonyl (C=O) groups is 1. The standard InChI is InChI=1S/C28H25ClN4O5/c1-18-9-10-19(2)32(18)22-11-12-23(24(29)14-22)28(34)31-30-16-21-13-26(37-3)27(15-25(21)33(35)36)38-17-20-7-5-4-6-8-20/h4-16H,17H2,1-3H3,(H,31,34)/b30-16-. The molecule has 9 nitrogen and oxygen atoms in total. The molecule has 0 spiro atoms. The molecule has 1 heterocycles. The number of nitro benzene ring substituents is 1. The van der Waals surface area contributed by atoms with E-state index in [0.29, 0.717) is 0 Å². The maximum Gasteiger partial charge on any atom is 0.282 e. The first-order valence-electron chi connectivity index (χ1n) is 11.6. The van der Waals surface area contributed by atoms with Gasteiger partial charge in [0, 0.05) is 17.1 Å². The second kappa shape index (κ2) is 11.6. The van der Waals surface area contributed by atoms with Crippen LogP contribution in [0, 0.1) is 24.0 Å². The van der Waals surface area contributed by atoms with Crippen LogP contribution >= 0.6 is 11.6 Å². The van der Waals surface area contributed by atoms with E-state index in [1.165, 1.54) is 25.5 Å². The minimum Gasteiger partial charge on any atom is -0.493 e. The quantitative estimate of drug-likeness (QED) is 0.161. The van der Waals surface area contributed by atoms with Crippen molar-refractivity contribution in [1.82, 2.24) is 9.99 Å². The zero-order valence-electron chi connectivity index (χ0n) is 21.0. The molecule has 0 unspecified atom stereocenters. The van der Waals surface area contributed by atoms with Crippen molar-refractivity contribution < 1.29 is 19.2 Å². The number of benzene rings is 3. The zero-order valence-corrected chi connectivity index (χ0v) is 21.7. The average Bonchev–Trinajstić information content (AvgIpc) is 3.25. The topological polar surface area (TPSA) is 108 Å². The van der Waals surface area contributed by atoms with E-state index in [2.05, 4.69) is 10.5 Å². The van der Waals surface area contributed by atoms with E-state index in [1.54, 1.807) is 18.2 Å². The monoisotopic (exact) mass is 532 g/mol. The third-order valence-corrected chi connectivity index (χ3v) is 6.16. The van der Waals surface area contributed by atoms with Crippen molar-refractivity contribution in [1.29, 1.82) is 0 Å². The molecule has 0 radical (unpaired) electrons. The molecular formula is C28H25ClN4O5. The molecule has 0 aliphatic rings. The molecule has 4 aromatic rings. The van der Waals surface area contributed by atoms with Crippen LogP contribution in [0.5, 0.6) is 11.5 Å². The Morgan fingerprint density at radius 2 is 1.76 bits per heavy atom. The van der Waals surface area contributed by atoms with E-state index >= 15 is 0 Å². The number of aryl methyl sites for hydroxylation is 2. The lowest BCUT2D eigenvalue weighted by atomic mass is 10.1. The number of hydrazone groups is 1. The molecule has 0 saturated carbocycles. The van der Waals surface area contributed by atoms with Crippen LogP contribution in [-0.2, 0) is 6.61 Å². The molecule has 3 aromatic carbocycles. The van der Waals surface area contributed by atoms with Gasteiger partial charge in [-0.1, -0.05) is 41.9 Å². The van der Waals surface area contributed by atoms with Crippen LogP contribution in [0.15, 0.2) is 77.9 Å². The summed E-state index contributed by atoms with van der Waals surface area (Å²) in [5, 5.41) is 15.9. The van der Waals surface area contributed by atoms with Gasteiger partial charge >= 0.3 is 0 Å². The lowest BCUT2D eigenvalue weighted by Crippen LogP contribution is -2.18. The molecular weight excluding hydrogens is 508 g/mol. The molecule has 1 amide bonds. The summed E-state index contributed by atoms with van der Waals surface area (Å²) in [6.07, 6.45) is 1.17. The normalized spacial score (nSPS) is 10.9. The maximum absolute atomic E-state index is 12.7. The largest absolute Gasteiger partial charge is 0.493 e. The van der Waals surface area contributed by atoms with Gasteiger partial charge < -0.3 is 14.0 Å². The van der Waals surface area contributed by atoms with Crippen LogP contribution in [0.2, 0.25) is 5.02 Å². The SMILES string of the molecule is COc1cc(/C=N\NC(=O)c2ccc(-n3c(C)ccc3C)cc2Cl)c([N+](=O)[O-])cc1OCc1ccccc1. The van der Waals surface area contributed by atoms with Crippen LogP contribution in [0.4, 0.5) is 5.69 Å². The minimum atomic E-state index is -0.559. The van der Waals surface area contributed by atoms with E-state index in [4.69, 9.17) is 21.1 Å². The summed E-state index contributed by atoms with van der Waals surface area (Å²) in [5.74, 6) is -0.0611. The summed E-state index contributed by atoms with van der Waals surface area (Å²) in [5.41, 5.74) is 6.25. The van der Waals surface area contributed by atoms with Gasteiger partial charge in [0.2, 0.25) is 0 Å². The molecule has 0 atom stereocenters. The van der Waals surface area contributed by atoms with E-state index in [-0.39, 0.29) is 39.9 Å². The number of ether oxygens (including phenoxy) is 2. The number of nitro groups is 1. The van der Waals surface area contributed by atoms with Gasteiger partial charge in [0.05, 0.1) is 40.5 Å². The van der Waals surface area contributed by atoms with Crippen molar-refractivity contribution in [3.8, 4) is 17.2 Å². The predicted octanol–water partition coefficient (Wildman–Crippen LogP) is 6.01. The highest BCUT2D eigenvalue weighted by atomic mass is 35.5. The van der Waals surface area contributed by atoms with Crippen LogP contribution in [0.1, 0.15) is 32.9 Å². The van der Waals surface area contributed by atoms with Gasteiger partial charge in [-0.05, 0) is 55.8 Å². The Morgan fingerprint density at radius 1 is 1.05 bits per heavy atom. The predicted molar refractivity (Wildman–Crippen MR) is 146 cm³/mol. The van der Waals surface area contributed by atoms with Gasteiger partial charge in [-0.3, -0.25) is 14.9 Å². The van der Waals surface area contributed by atoms with E-state index in [0.717, 1.165) is 22.6 Å². The number of hydrogen-bond acceptors (Lipinski definition) is 6. The number of hydrogen-bond donors (Lipinski definition) is 1. The molecule has 0 aliphatic carbocycles. The van der Waals surface area contributed by atoms with E-state index in [1.807, 2.05) is 60.9 Å². The first kappa shape index (κ1) is 26.4. The molecule has 0 bridgehead atoms. The Labute approximate surface area is 224 Å². The molecule has 1 aromatic heterocycles. The molecule has 4 rings (SSSR count). The fourth-order valence-electron chi connectivity index (χ4n) is 3.96. The first-order chi connectivity index (χ1) is 18.3. The fraction of sp³-hybridized carbons (Fsp3) is 0.143. The summed E-state index contributed by atoms with van der Waals surface area (Å²) >= 11 is 6.39. The third-order valence-electron chi connectivity index (χ3n) is 5.84. The summed E-state index contributed by atoms with van der Waals surface area (Å²) in [6.45, 7) is 4.17. The number of amides is 1. The van der Waals surface area contributed by atoms with Gasteiger partial charge in [-0.15, -0.1) is 0 Å². The summed E-state index contributed by atoms with van der Waals surface area (Å²) < 4.78 is 13.1. The number of halogens is 1. The third kappa shape index (κ3) is 5.84. The van der Waals surface area contributed by atoms with Crippen LogP contribution < -0.4 is 14.9 Å². The van der Waals surface area contributed by atoms with E-state index in [9.17, 15) is 14.9 Å². The molecule has 0 aliphatic heterocycles. The summed E-state index contributed by atoms with van der Waals surface area (Å²) in [7, 11) is 1.43. The van der Waals surface area contributed by atoms with Crippen molar-refractivity contribution in [3.63, 3.8) is 0 Å². The highest BCUT2D eigenvalue weighted by Crippen LogP contribution is 2.34. The lowest BCUT2D eigenvalue weighted by molar-refractivity contribution is -0.385. The summed E-state index contributed by atoms with van der Waals surface area (Å²) in [4.78, 5) is 23.9. The van der Waals surface area contributed by atoms with Crippen molar-refractivity contribution >= 4 is 29.4 Å². The van der Waals surface area contributed by atoms with Crippen LogP contribution in [-0.4, -0.2) is 28.7 Å². The first-order valence-corrected chi connectivity index (χ1v) is 12.0. The van der Waals surface area contributed by atoms with Gasteiger partial charge in [0.25, 0.3) is 11.6 Å². The van der Waals surface area contributed by atoms with Crippen molar-refractivity contribution in [2.75, 3.05) is 7.11 Å². The van der Waals surface area contributed by atoms with Gasteiger partial charge in [0.1, 0.15) is 6.61 Å². The Balaban J connectivity index is 1.51. The number of aromatic nitrogens is 1. The number of rotatable bonds is 9. The zero-order chi connectivity index (χ0) is 27.2. The number of carbonyl (C=O) groups excluding carboxylic acids is 1. The second-order valence-electron chi connectivity index (χ2n) is 8.41. The fourth-order valence-corrected chi connectivity index (χ4v) is 4.22. The van der Waals surface area contributed by atoms with E-state index < -0.39 is 10.8 Å². The molecule has 1 N–H and O–H groups in total. The Hall–Kier alpha value is -4.63. The highest BCUT2D eigenvalue weighted by molar-refractivity contribution is 6.34. The van der Waals surface area contributed by atoms with Gasteiger partial charge in [0.15, 0.2) is 11.5 Å². The smallest absolute Gasteiger partial charge is 0.282 e. The Kier molecular flexibility index (Phi) is 8.08. The van der Waals surface area contributed by atoms with Crippen molar-refractivity contribution in [3.05, 3.63) is 116 Å². The second-order valence-corrected chi connectivity index (χ2v) is 8.82. The Morgan fingerprint density at radius 3 is 2.39 bits per heavy atom. The summed E-state index contributed by atoms with van der Waals surface area (Å²) in [6, 6.07) is 21.2. The Bertz CT molecular complexity index is 1500. The molecule has 194 valence electrons. The number of nitrogens with zero attached hydrogens (tertiary/aromatic N) is 3. The minimum absolute atomic E-state index is 0.124. The van der Waals surface area contributed by atoms with Crippen molar-refractivity contribution in [2.24, 2.45) is 5.10 Å². The van der Waals surface area contributed by atoms with Crippen molar-refractivity contribution in [2.45, 2.75) is 20.5 Å². The number of methoxy groups -OCH3 is 1. The number of nitrogens with one attached hydrogen (secondary N) is 1. The highest BCUT2D eigenvalue weighted by Gasteiger charge is 2.19. The molecule has 10 heteroatoms. The van der Waals surface area contributed by atoms with Gasteiger partial charge in [-0.25, -0.2) is 5.43 Å². The van der Waals surface area contributed by atoms with Crippen LogP contribution in [0.25, 0.3) is 5.69 Å². The maximum atomic E-state index is 12.7. The molecule has 38 heavy (non-hydrogen) atoms. The molecule has 0 saturated heterocycles.